The topological polar surface area (TPSA) is 41.6 Å². The van der Waals surface area contributed by atoms with Gasteiger partial charge in [0.25, 0.3) is 5.91 Å². The van der Waals surface area contributed by atoms with Crippen molar-refractivity contribution in [1.29, 1.82) is 0 Å². The second-order valence-corrected chi connectivity index (χ2v) is 7.41. The van der Waals surface area contributed by atoms with E-state index in [4.69, 9.17) is 4.74 Å². The van der Waals surface area contributed by atoms with Crippen molar-refractivity contribution >= 4 is 33.2 Å². The number of amides is 1. The van der Waals surface area contributed by atoms with Gasteiger partial charge >= 0.3 is 0 Å². The summed E-state index contributed by atoms with van der Waals surface area (Å²) in [5.74, 6) is 0.996. The van der Waals surface area contributed by atoms with E-state index in [9.17, 15) is 4.79 Å². The zero-order chi connectivity index (χ0) is 19.8. The van der Waals surface area contributed by atoms with E-state index in [-0.39, 0.29) is 12.5 Å². The standard InChI is InChI=1S/C22H29BrN2O2/c1-5-16(4)17-8-13-21(20(23)14-17)27-15-22(26)24-18-9-11-19(12-10-18)25(6-2)7-3/h8-14,16H,5-7,15H2,1-4H3,(H,24,26). The van der Waals surface area contributed by atoms with Crippen molar-refractivity contribution in [3.8, 4) is 5.75 Å². The quantitative estimate of drug-likeness (QED) is 0.541. The van der Waals surface area contributed by atoms with Gasteiger partial charge in [0.2, 0.25) is 0 Å². The van der Waals surface area contributed by atoms with Crippen molar-refractivity contribution in [2.75, 3.05) is 29.9 Å². The molecule has 1 amide bonds. The first-order chi connectivity index (χ1) is 13.0. The number of halogens is 1. The molecule has 2 rings (SSSR count). The van der Waals surface area contributed by atoms with Crippen molar-refractivity contribution < 1.29 is 9.53 Å². The summed E-state index contributed by atoms with van der Waals surface area (Å²) in [6.45, 7) is 10.5. The van der Waals surface area contributed by atoms with Crippen molar-refractivity contribution in [3.63, 3.8) is 0 Å². The Bertz CT molecular complexity index is 742. The molecule has 27 heavy (non-hydrogen) atoms. The molecule has 1 unspecified atom stereocenters. The highest BCUT2D eigenvalue weighted by molar-refractivity contribution is 9.10. The first kappa shape index (κ1) is 21.3. The fourth-order valence-corrected chi connectivity index (χ4v) is 3.37. The first-order valence-electron chi connectivity index (χ1n) is 9.55. The summed E-state index contributed by atoms with van der Waals surface area (Å²) in [7, 11) is 0. The lowest BCUT2D eigenvalue weighted by atomic mass is 9.99. The van der Waals surface area contributed by atoms with E-state index in [2.05, 4.69) is 66.0 Å². The number of nitrogens with zero attached hydrogens (tertiary/aromatic N) is 1. The van der Waals surface area contributed by atoms with Crippen LogP contribution in [0.3, 0.4) is 0 Å². The molecule has 0 heterocycles. The number of hydrogen-bond acceptors (Lipinski definition) is 3. The van der Waals surface area contributed by atoms with E-state index < -0.39 is 0 Å². The number of carbonyl (C=O) groups excluding carboxylic acids is 1. The van der Waals surface area contributed by atoms with Crippen LogP contribution in [-0.2, 0) is 4.79 Å². The summed E-state index contributed by atoms with van der Waals surface area (Å²) in [5, 5.41) is 2.87. The first-order valence-corrected chi connectivity index (χ1v) is 10.3. The van der Waals surface area contributed by atoms with Crippen LogP contribution in [0.5, 0.6) is 5.75 Å². The Labute approximate surface area is 171 Å². The lowest BCUT2D eigenvalue weighted by Gasteiger charge is -2.21. The van der Waals surface area contributed by atoms with E-state index in [1.807, 2.05) is 30.3 Å². The highest BCUT2D eigenvalue weighted by Crippen LogP contribution is 2.30. The van der Waals surface area contributed by atoms with E-state index in [1.165, 1.54) is 5.56 Å². The maximum atomic E-state index is 12.2. The number of rotatable bonds is 9. The summed E-state index contributed by atoms with van der Waals surface area (Å²) in [6, 6.07) is 13.9. The molecule has 2 aromatic rings. The van der Waals surface area contributed by atoms with Crippen LogP contribution >= 0.6 is 15.9 Å². The van der Waals surface area contributed by atoms with Gasteiger partial charge in [-0.1, -0.05) is 19.9 Å². The molecule has 0 fully saturated rings. The molecule has 0 saturated carbocycles. The van der Waals surface area contributed by atoms with Crippen LogP contribution in [0.2, 0.25) is 0 Å². The molecule has 2 aromatic carbocycles. The van der Waals surface area contributed by atoms with Crippen molar-refractivity contribution in [3.05, 3.63) is 52.5 Å². The van der Waals surface area contributed by atoms with Crippen LogP contribution in [0.4, 0.5) is 11.4 Å². The molecule has 1 atom stereocenters. The zero-order valence-corrected chi connectivity index (χ0v) is 18.2. The summed E-state index contributed by atoms with van der Waals surface area (Å²) >= 11 is 3.54. The third-order valence-electron chi connectivity index (χ3n) is 4.78. The molecular formula is C22H29BrN2O2. The summed E-state index contributed by atoms with van der Waals surface area (Å²) in [6.07, 6.45) is 1.09. The molecule has 4 nitrogen and oxygen atoms in total. The normalized spacial score (nSPS) is 11.7. The molecule has 1 N–H and O–H groups in total. The molecule has 0 aliphatic heterocycles. The SMILES string of the molecule is CCC(C)c1ccc(OCC(=O)Nc2ccc(N(CC)CC)cc2)c(Br)c1. The Balaban J connectivity index is 1.91. The van der Waals surface area contributed by atoms with Gasteiger partial charge in [0.1, 0.15) is 5.75 Å². The van der Waals surface area contributed by atoms with Gasteiger partial charge in [-0.15, -0.1) is 0 Å². The van der Waals surface area contributed by atoms with Crippen LogP contribution < -0.4 is 15.0 Å². The second-order valence-electron chi connectivity index (χ2n) is 6.56. The van der Waals surface area contributed by atoms with Crippen molar-refractivity contribution in [2.24, 2.45) is 0 Å². The number of carbonyl (C=O) groups is 1. The fourth-order valence-electron chi connectivity index (χ4n) is 2.86. The summed E-state index contributed by atoms with van der Waals surface area (Å²) < 4.78 is 6.54. The molecule has 146 valence electrons. The van der Waals surface area contributed by atoms with Gasteiger partial charge in [0.15, 0.2) is 6.61 Å². The molecule has 0 aromatic heterocycles. The third kappa shape index (κ3) is 5.99. The van der Waals surface area contributed by atoms with E-state index in [1.54, 1.807) is 0 Å². The average molecular weight is 433 g/mol. The van der Waals surface area contributed by atoms with Gasteiger partial charge < -0.3 is 15.0 Å². The fraction of sp³-hybridized carbons (Fsp3) is 0.409. The minimum atomic E-state index is -0.177. The Morgan fingerprint density at radius 1 is 1.11 bits per heavy atom. The Hall–Kier alpha value is -2.01. The zero-order valence-electron chi connectivity index (χ0n) is 16.6. The molecule has 0 bridgehead atoms. The maximum absolute atomic E-state index is 12.2. The molecule has 0 aliphatic carbocycles. The Morgan fingerprint density at radius 3 is 2.33 bits per heavy atom. The number of hydrogen-bond donors (Lipinski definition) is 1. The highest BCUT2D eigenvalue weighted by Gasteiger charge is 2.10. The third-order valence-corrected chi connectivity index (χ3v) is 5.40. The maximum Gasteiger partial charge on any atom is 0.262 e. The summed E-state index contributed by atoms with van der Waals surface area (Å²) in [4.78, 5) is 14.4. The van der Waals surface area contributed by atoms with E-state index in [0.29, 0.717) is 11.7 Å². The van der Waals surface area contributed by atoms with E-state index >= 15 is 0 Å². The van der Waals surface area contributed by atoms with Crippen LogP contribution in [0.25, 0.3) is 0 Å². The van der Waals surface area contributed by atoms with Gasteiger partial charge in [-0.2, -0.15) is 0 Å². The molecule has 0 radical (unpaired) electrons. The number of anilines is 2. The van der Waals surface area contributed by atoms with Gasteiger partial charge in [-0.3, -0.25) is 4.79 Å². The van der Waals surface area contributed by atoms with Crippen LogP contribution in [-0.4, -0.2) is 25.6 Å². The molecule has 0 spiro atoms. The number of ether oxygens (including phenoxy) is 1. The van der Waals surface area contributed by atoms with Crippen molar-refractivity contribution in [1.82, 2.24) is 0 Å². The smallest absolute Gasteiger partial charge is 0.262 e. The molecule has 5 heteroatoms. The predicted molar refractivity (Wildman–Crippen MR) is 117 cm³/mol. The van der Waals surface area contributed by atoms with Gasteiger partial charge in [-0.05, 0) is 84.1 Å². The largest absolute Gasteiger partial charge is 0.483 e. The van der Waals surface area contributed by atoms with Crippen LogP contribution in [0.1, 0.15) is 45.6 Å². The van der Waals surface area contributed by atoms with Gasteiger partial charge in [0.05, 0.1) is 4.47 Å². The molecule has 0 saturated heterocycles. The van der Waals surface area contributed by atoms with Crippen LogP contribution in [0, 0.1) is 0 Å². The van der Waals surface area contributed by atoms with Gasteiger partial charge in [-0.25, -0.2) is 0 Å². The van der Waals surface area contributed by atoms with Crippen molar-refractivity contribution in [2.45, 2.75) is 40.0 Å². The predicted octanol–water partition coefficient (Wildman–Crippen LogP) is 5.83. The Morgan fingerprint density at radius 2 is 1.78 bits per heavy atom. The van der Waals surface area contributed by atoms with Gasteiger partial charge in [0, 0.05) is 24.5 Å². The number of benzene rings is 2. The average Bonchev–Trinajstić information content (AvgIpc) is 2.68. The summed E-state index contributed by atoms with van der Waals surface area (Å²) in [5.41, 5.74) is 3.18. The second kappa shape index (κ2) is 10.4. The van der Waals surface area contributed by atoms with Crippen LogP contribution in [0.15, 0.2) is 46.9 Å². The lowest BCUT2D eigenvalue weighted by Crippen LogP contribution is -2.22. The highest BCUT2D eigenvalue weighted by atomic mass is 79.9. The molecule has 0 aliphatic rings. The minimum Gasteiger partial charge on any atom is -0.483 e. The molecular weight excluding hydrogens is 404 g/mol. The van der Waals surface area contributed by atoms with E-state index in [0.717, 1.165) is 35.4 Å². The lowest BCUT2D eigenvalue weighted by molar-refractivity contribution is -0.118. The minimum absolute atomic E-state index is 0.0287. The number of nitrogens with one attached hydrogen (secondary N) is 1. The Kier molecular flexibility index (Phi) is 8.17. The monoisotopic (exact) mass is 432 g/mol.